The van der Waals surface area contributed by atoms with Gasteiger partial charge in [0, 0.05) is 56.3 Å². The Bertz CT molecular complexity index is 1700. The lowest BCUT2D eigenvalue weighted by Crippen LogP contribution is -2.54. The van der Waals surface area contributed by atoms with E-state index in [9.17, 15) is 14.4 Å². The lowest BCUT2D eigenvalue weighted by Gasteiger charge is -2.30. The summed E-state index contributed by atoms with van der Waals surface area (Å²) in [4.78, 5) is 54.2. The third-order valence-electron chi connectivity index (χ3n) is 9.27. The van der Waals surface area contributed by atoms with Crippen LogP contribution >= 0.6 is 22.7 Å². The quantitative estimate of drug-likeness (QED) is 0.106. The summed E-state index contributed by atoms with van der Waals surface area (Å²) in [5.41, 5.74) is 4.70. The molecule has 1 aliphatic heterocycles. The third kappa shape index (κ3) is 13.8. The van der Waals surface area contributed by atoms with Crippen LogP contribution < -0.4 is 16.0 Å². The SMILES string of the molecule is CC(C)c1nc(CN(C)C(=O)NC(CCN2CCOCC2)C(=O)N[C@H](CC[C@@H](Cc2ccccc2)NC(=O)OCc2cncs2)Cc2ccccc2)cs1. The van der Waals surface area contributed by atoms with E-state index in [0.29, 0.717) is 64.3 Å². The predicted octanol–water partition coefficient (Wildman–Crippen LogP) is 6.00. The Balaban J connectivity index is 1.28. The van der Waals surface area contributed by atoms with Gasteiger partial charge in [0.15, 0.2) is 0 Å². The van der Waals surface area contributed by atoms with E-state index in [1.165, 1.54) is 11.3 Å². The molecule has 0 radical (unpaired) electrons. The molecule has 2 aromatic carbocycles. The lowest BCUT2D eigenvalue weighted by atomic mass is 9.95. The van der Waals surface area contributed by atoms with Crippen molar-refractivity contribution in [2.24, 2.45) is 0 Å². The first-order valence-electron chi connectivity index (χ1n) is 18.7. The van der Waals surface area contributed by atoms with E-state index in [1.54, 1.807) is 35.0 Å². The topological polar surface area (TPSA) is 138 Å². The Kier molecular flexibility index (Phi) is 16.2. The van der Waals surface area contributed by atoms with Crippen molar-refractivity contribution in [3.63, 3.8) is 0 Å². The van der Waals surface area contributed by atoms with Crippen LogP contribution in [0.25, 0.3) is 0 Å². The number of amides is 4. The Morgan fingerprint density at radius 3 is 2.13 bits per heavy atom. The Morgan fingerprint density at radius 1 is 0.889 bits per heavy atom. The highest BCUT2D eigenvalue weighted by Crippen LogP contribution is 2.20. The summed E-state index contributed by atoms with van der Waals surface area (Å²) in [6.45, 7) is 8.19. The first kappa shape index (κ1) is 40.8. The summed E-state index contributed by atoms with van der Waals surface area (Å²) in [6, 6.07) is 18.4. The summed E-state index contributed by atoms with van der Waals surface area (Å²) in [5.74, 6) is 0.0746. The van der Waals surface area contributed by atoms with Crippen LogP contribution in [-0.2, 0) is 40.3 Å². The van der Waals surface area contributed by atoms with E-state index in [2.05, 4.69) is 44.7 Å². The number of nitrogens with zero attached hydrogens (tertiary/aromatic N) is 4. The minimum absolute atomic E-state index is 0.150. The number of aromatic nitrogens is 2. The van der Waals surface area contributed by atoms with Gasteiger partial charge in [-0.1, -0.05) is 74.5 Å². The van der Waals surface area contributed by atoms with Crippen molar-refractivity contribution in [2.45, 2.75) is 83.1 Å². The average molecular weight is 776 g/mol. The summed E-state index contributed by atoms with van der Waals surface area (Å²) in [6.07, 6.45) is 4.00. The number of urea groups is 1. The molecule has 1 unspecified atom stereocenters. The second-order valence-corrected chi connectivity index (χ2v) is 15.8. The van der Waals surface area contributed by atoms with Gasteiger partial charge in [0.25, 0.3) is 0 Å². The summed E-state index contributed by atoms with van der Waals surface area (Å²) in [7, 11) is 1.72. The number of benzene rings is 2. The first-order valence-corrected chi connectivity index (χ1v) is 20.4. The Labute approximate surface area is 326 Å². The van der Waals surface area contributed by atoms with E-state index in [4.69, 9.17) is 9.47 Å². The van der Waals surface area contributed by atoms with Gasteiger partial charge in [0.1, 0.15) is 12.6 Å². The summed E-state index contributed by atoms with van der Waals surface area (Å²) >= 11 is 3.02. The van der Waals surface area contributed by atoms with E-state index in [0.717, 1.165) is 39.8 Å². The van der Waals surface area contributed by atoms with E-state index < -0.39 is 12.1 Å². The molecule has 5 rings (SSSR count). The Hall–Kier alpha value is -4.37. The largest absolute Gasteiger partial charge is 0.444 e. The fourth-order valence-corrected chi connectivity index (χ4v) is 7.58. The second kappa shape index (κ2) is 21.5. The average Bonchev–Trinajstić information content (AvgIpc) is 3.89. The van der Waals surface area contributed by atoms with Gasteiger partial charge in [-0.25, -0.2) is 14.6 Å². The minimum Gasteiger partial charge on any atom is -0.444 e. The van der Waals surface area contributed by atoms with E-state index in [1.807, 2.05) is 66.0 Å². The molecule has 3 N–H and O–H groups in total. The molecule has 2 aromatic heterocycles. The zero-order valence-electron chi connectivity index (χ0n) is 31.4. The van der Waals surface area contributed by atoms with Crippen molar-refractivity contribution in [1.82, 2.24) is 35.7 Å². The van der Waals surface area contributed by atoms with Crippen LogP contribution in [0.3, 0.4) is 0 Å². The highest BCUT2D eigenvalue weighted by atomic mass is 32.1. The van der Waals surface area contributed by atoms with Gasteiger partial charge in [-0.05, 0) is 43.2 Å². The number of ether oxygens (including phenoxy) is 2. The van der Waals surface area contributed by atoms with Crippen molar-refractivity contribution in [2.75, 3.05) is 39.9 Å². The molecule has 12 nitrogen and oxygen atoms in total. The maximum Gasteiger partial charge on any atom is 0.407 e. The number of hydrogen-bond donors (Lipinski definition) is 3. The monoisotopic (exact) mass is 775 g/mol. The fourth-order valence-electron chi connectivity index (χ4n) is 6.25. The molecule has 3 heterocycles. The maximum absolute atomic E-state index is 14.2. The van der Waals surface area contributed by atoms with Crippen LogP contribution in [0.15, 0.2) is 77.8 Å². The number of carbonyl (C=O) groups excluding carboxylic acids is 3. The molecule has 0 saturated carbocycles. The normalized spacial score (nSPS) is 14.9. The number of morpholine rings is 1. The van der Waals surface area contributed by atoms with Crippen LogP contribution in [0, 0.1) is 0 Å². The number of thiazole rings is 2. The second-order valence-electron chi connectivity index (χ2n) is 14.0. The number of alkyl carbamates (subject to hydrolysis) is 1. The zero-order valence-corrected chi connectivity index (χ0v) is 33.1. The van der Waals surface area contributed by atoms with E-state index in [-0.39, 0.29) is 30.6 Å². The predicted molar refractivity (Wildman–Crippen MR) is 213 cm³/mol. The van der Waals surface area contributed by atoms with Crippen molar-refractivity contribution >= 4 is 40.7 Å². The molecule has 1 aliphatic rings. The van der Waals surface area contributed by atoms with Crippen molar-refractivity contribution in [1.29, 1.82) is 0 Å². The molecule has 0 bridgehead atoms. The van der Waals surface area contributed by atoms with Gasteiger partial charge in [0.05, 0.1) is 40.8 Å². The van der Waals surface area contributed by atoms with Gasteiger partial charge < -0.3 is 30.3 Å². The van der Waals surface area contributed by atoms with Gasteiger partial charge in [0.2, 0.25) is 5.91 Å². The van der Waals surface area contributed by atoms with Crippen LogP contribution in [0.1, 0.15) is 65.7 Å². The first-order chi connectivity index (χ1) is 26.2. The van der Waals surface area contributed by atoms with Gasteiger partial charge in [-0.15, -0.1) is 22.7 Å². The molecule has 14 heteroatoms. The molecule has 290 valence electrons. The highest BCUT2D eigenvalue weighted by Gasteiger charge is 2.27. The molecular weight excluding hydrogens is 723 g/mol. The van der Waals surface area contributed by atoms with E-state index >= 15 is 0 Å². The molecule has 0 spiro atoms. The molecule has 1 saturated heterocycles. The lowest BCUT2D eigenvalue weighted by molar-refractivity contribution is -0.124. The number of nitrogens with one attached hydrogen (secondary N) is 3. The molecule has 4 amide bonds. The summed E-state index contributed by atoms with van der Waals surface area (Å²) < 4.78 is 11.1. The van der Waals surface area contributed by atoms with Gasteiger partial charge in [-0.2, -0.15) is 0 Å². The van der Waals surface area contributed by atoms with Crippen LogP contribution in [0.4, 0.5) is 9.59 Å². The molecule has 3 atom stereocenters. The van der Waals surface area contributed by atoms with Crippen LogP contribution in [0.2, 0.25) is 0 Å². The number of rotatable bonds is 19. The summed E-state index contributed by atoms with van der Waals surface area (Å²) in [5, 5.41) is 12.4. The van der Waals surface area contributed by atoms with Crippen molar-refractivity contribution < 1.29 is 23.9 Å². The van der Waals surface area contributed by atoms with Crippen molar-refractivity contribution in [3.8, 4) is 0 Å². The van der Waals surface area contributed by atoms with Gasteiger partial charge in [-0.3, -0.25) is 14.7 Å². The molecular formula is C40H53N7O5S2. The number of carbonyl (C=O) groups is 3. The molecule has 1 fully saturated rings. The third-order valence-corrected chi connectivity index (χ3v) is 11.2. The van der Waals surface area contributed by atoms with Crippen LogP contribution in [0.5, 0.6) is 0 Å². The smallest absolute Gasteiger partial charge is 0.407 e. The maximum atomic E-state index is 14.2. The zero-order chi connectivity index (χ0) is 38.1. The fraction of sp³-hybridized carbons (Fsp3) is 0.475. The molecule has 4 aromatic rings. The Morgan fingerprint density at radius 2 is 1.54 bits per heavy atom. The minimum atomic E-state index is -0.761. The van der Waals surface area contributed by atoms with Crippen LogP contribution in [-0.4, -0.2) is 95.8 Å². The highest BCUT2D eigenvalue weighted by molar-refractivity contribution is 7.09. The standard InChI is InChI=1S/C40H53N7O5S2/c1-29(2)38-43-34(27-53-38)25-46(3)39(49)45-36(16-17-47-18-20-51-21-19-47)37(48)42-32(22-30-10-6-4-7-11-30)14-15-33(23-31-12-8-5-9-13-31)44-40(50)52-26-35-24-41-28-54-35/h4-13,24,27-29,32-33,36H,14-23,25-26H2,1-3H3,(H,42,48)(H,44,50)(H,45,49)/t32-,33+,36?/m1/s1. The molecule has 54 heavy (non-hydrogen) atoms. The molecule has 0 aliphatic carbocycles. The number of hydrogen-bond acceptors (Lipinski definition) is 10. The van der Waals surface area contributed by atoms with Gasteiger partial charge >= 0.3 is 12.1 Å². The van der Waals surface area contributed by atoms with Crippen molar-refractivity contribution in [3.05, 3.63) is 104 Å².